The summed E-state index contributed by atoms with van der Waals surface area (Å²) in [5, 5.41) is 3.53. The number of likely N-dealkylation sites (N-methyl/N-ethyl adjacent to an activating group) is 1. The van der Waals surface area contributed by atoms with Crippen molar-refractivity contribution in [1.29, 1.82) is 0 Å². The first-order valence-corrected chi connectivity index (χ1v) is 7.44. The summed E-state index contributed by atoms with van der Waals surface area (Å²) in [6, 6.07) is 10.6. The molecule has 1 atom stereocenters. The highest BCUT2D eigenvalue weighted by Crippen LogP contribution is 2.26. The number of rotatable bonds is 6. The van der Waals surface area contributed by atoms with E-state index in [1.165, 1.54) is 16.7 Å². The fourth-order valence-electron chi connectivity index (χ4n) is 2.59. The predicted molar refractivity (Wildman–Crippen MR) is 86.8 cm³/mol. The van der Waals surface area contributed by atoms with Crippen molar-refractivity contribution in [3.05, 3.63) is 58.9 Å². The monoisotopic (exact) mass is 284 g/mol. The SMILES string of the molecule is CCNC(Cc1cc(C)ccc1C)c1ncccc1OC. The third kappa shape index (κ3) is 3.82. The van der Waals surface area contributed by atoms with E-state index in [-0.39, 0.29) is 6.04 Å². The average Bonchev–Trinajstić information content (AvgIpc) is 2.50. The predicted octanol–water partition coefficient (Wildman–Crippen LogP) is 3.60. The molecule has 0 saturated carbocycles. The van der Waals surface area contributed by atoms with Crippen LogP contribution in [0.5, 0.6) is 5.75 Å². The maximum absolute atomic E-state index is 5.46. The maximum atomic E-state index is 5.46. The lowest BCUT2D eigenvalue weighted by Crippen LogP contribution is -2.24. The molecule has 0 bridgehead atoms. The summed E-state index contributed by atoms with van der Waals surface area (Å²) in [5.41, 5.74) is 4.94. The summed E-state index contributed by atoms with van der Waals surface area (Å²) < 4.78 is 5.46. The van der Waals surface area contributed by atoms with Gasteiger partial charge in [0.25, 0.3) is 0 Å². The molecule has 1 unspecified atom stereocenters. The number of nitrogens with one attached hydrogen (secondary N) is 1. The largest absolute Gasteiger partial charge is 0.495 e. The maximum Gasteiger partial charge on any atom is 0.141 e. The smallest absolute Gasteiger partial charge is 0.141 e. The van der Waals surface area contributed by atoms with Gasteiger partial charge in [0.1, 0.15) is 5.75 Å². The number of aromatic nitrogens is 1. The Labute approximate surface area is 127 Å². The molecule has 1 aromatic carbocycles. The number of ether oxygens (including phenoxy) is 1. The van der Waals surface area contributed by atoms with Crippen LogP contribution < -0.4 is 10.1 Å². The highest BCUT2D eigenvalue weighted by atomic mass is 16.5. The summed E-state index contributed by atoms with van der Waals surface area (Å²) in [5.74, 6) is 0.841. The summed E-state index contributed by atoms with van der Waals surface area (Å²) in [7, 11) is 1.70. The Hall–Kier alpha value is -1.87. The zero-order valence-corrected chi connectivity index (χ0v) is 13.3. The van der Waals surface area contributed by atoms with E-state index < -0.39 is 0 Å². The Morgan fingerprint density at radius 3 is 2.76 bits per heavy atom. The molecule has 3 nitrogen and oxygen atoms in total. The van der Waals surface area contributed by atoms with Gasteiger partial charge < -0.3 is 10.1 Å². The standard InChI is InChI=1S/C18H24N2O/c1-5-19-16(18-17(21-4)7-6-10-20-18)12-15-11-13(2)8-9-14(15)3/h6-11,16,19H,5,12H2,1-4H3. The van der Waals surface area contributed by atoms with Crippen LogP contribution in [0.4, 0.5) is 0 Å². The van der Waals surface area contributed by atoms with Crippen molar-refractivity contribution >= 4 is 0 Å². The average molecular weight is 284 g/mol. The Bertz CT molecular complexity index is 596. The lowest BCUT2D eigenvalue weighted by Gasteiger charge is -2.21. The van der Waals surface area contributed by atoms with E-state index in [1.54, 1.807) is 7.11 Å². The van der Waals surface area contributed by atoms with Crippen molar-refractivity contribution in [1.82, 2.24) is 10.3 Å². The zero-order chi connectivity index (χ0) is 15.2. The highest BCUT2D eigenvalue weighted by Gasteiger charge is 2.18. The van der Waals surface area contributed by atoms with Crippen LogP contribution in [0.15, 0.2) is 36.5 Å². The molecule has 0 radical (unpaired) electrons. The van der Waals surface area contributed by atoms with Gasteiger partial charge in [0.15, 0.2) is 0 Å². The Balaban J connectivity index is 2.33. The Kier molecular flexibility index (Phi) is 5.34. The van der Waals surface area contributed by atoms with Crippen LogP contribution in [0.2, 0.25) is 0 Å². The fourth-order valence-corrected chi connectivity index (χ4v) is 2.59. The molecule has 1 N–H and O–H groups in total. The van der Waals surface area contributed by atoms with Crippen LogP contribution in [-0.2, 0) is 6.42 Å². The molecule has 0 saturated heterocycles. The summed E-state index contributed by atoms with van der Waals surface area (Å²) in [6.45, 7) is 7.31. The Morgan fingerprint density at radius 1 is 1.24 bits per heavy atom. The van der Waals surface area contributed by atoms with Crippen LogP contribution in [0.25, 0.3) is 0 Å². The number of methoxy groups -OCH3 is 1. The van der Waals surface area contributed by atoms with Gasteiger partial charge >= 0.3 is 0 Å². The first-order valence-electron chi connectivity index (χ1n) is 7.44. The second-order valence-corrected chi connectivity index (χ2v) is 5.34. The van der Waals surface area contributed by atoms with Crippen LogP contribution in [0.1, 0.15) is 35.3 Å². The number of hydrogen-bond donors (Lipinski definition) is 1. The van der Waals surface area contributed by atoms with E-state index in [0.717, 1.165) is 24.4 Å². The van der Waals surface area contributed by atoms with E-state index in [9.17, 15) is 0 Å². The molecule has 1 aromatic heterocycles. The number of aryl methyl sites for hydroxylation is 2. The molecule has 0 aliphatic carbocycles. The fraction of sp³-hybridized carbons (Fsp3) is 0.389. The summed E-state index contributed by atoms with van der Waals surface area (Å²) in [6.07, 6.45) is 2.74. The van der Waals surface area contributed by atoms with Gasteiger partial charge in [0.2, 0.25) is 0 Å². The minimum Gasteiger partial charge on any atom is -0.495 e. The van der Waals surface area contributed by atoms with Crippen molar-refractivity contribution in [2.75, 3.05) is 13.7 Å². The van der Waals surface area contributed by atoms with Gasteiger partial charge in [0, 0.05) is 6.20 Å². The van der Waals surface area contributed by atoms with Gasteiger partial charge in [-0.1, -0.05) is 30.7 Å². The second kappa shape index (κ2) is 7.23. The normalized spacial score (nSPS) is 12.2. The quantitative estimate of drug-likeness (QED) is 0.880. The molecule has 0 aliphatic heterocycles. The minimum atomic E-state index is 0.159. The molecule has 0 fully saturated rings. The topological polar surface area (TPSA) is 34.2 Å². The van der Waals surface area contributed by atoms with Crippen LogP contribution >= 0.6 is 0 Å². The summed E-state index contributed by atoms with van der Waals surface area (Å²) in [4.78, 5) is 4.53. The molecular weight excluding hydrogens is 260 g/mol. The minimum absolute atomic E-state index is 0.159. The third-order valence-corrected chi connectivity index (χ3v) is 3.73. The molecule has 0 aliphatic rings. The number of nitrogens with zero attached hydrogens (tertiary/aromatic N) is 1. The van der Waals surface area contributed by atoms with E-state index in [0.29, 0.717) is 0 Å². The molecule has 21 heavy (non-hydrogen) atoms. The highest BCUT2D eigenvalue weighted by molar-refractivity contribution is 5.35. The van der Waals surface area contributed by atoms with Crippen molar-refractivity contribution in [2.45, 2.75) is 33.2 Å². The van der Waals surface area contributed by atoms with Gasteiger partial charge in [-0.15, -0.1) is 0 Å². The van der Waals surface area contributed by atoms with E-state index >= 15 is 0 Å². The van der Waals surface area contributed by atoms with Crippen LogP contribution in [0.3, 0.4) is 0 Å². The first-order chi connectivity index (χ1) is 10.2. The molecule has 112 valence electrons. The third-order valence-electron chi connectivity index (χ3n) is 3.73. The molecule has 2 rings (SSSR count). The van der Waals surface area contributed by atoms with Gasteiger partial charge in [-0.25, -0.2) is 0 Å². The number of benzene rings is 1. The van der Waals surface area contributed by atoms with Gasteiger partial charge in [0.05, 0.1) is 18.8 Å². The molecular formula is C18H24N2O. The number of hydrogen-bond acceptors (Lipinski definition) is 3. The van der Waals surface area contributed by atoms with E-state index in [2.05, 4.69) is 49.3 Å². The molecule has 1 heterocycles. The molecule has 2 aromatic rings. The first kappa shape index (κ1) is 15.5. The van der Waals surface area contributed by atoms with Crippen LogP contribution in [-0.4, -0.2) is 18.6 Å². The van der Waals surface area contributed by atoms with Crippen molar-refractivity contribution in [3.8, 4) is 5.75 Å². The number of pyridine rings is 1. The van der Waals surface area contributed by atoms with Crippen molar-refractivity contribution in [2.24, 2.45) is 0 Å². The van der Waals surface area contributed by atoms with Crippen molar-refractivity contribution in [3.63, 3.8) is 0 Å². The van der Waals surface area contributed by atoms with E-state index in [1.807, 2.05) is 18.3 Å². The zero-order valence-electron chi connectivity index (χ0n) is 13.3. The summed E-state index contributed by atoms with van der Waals surface area (Å²) >= 11 is 0. The lowest BCUT2D eigenvalue weighted by molar-refractivity contribution is 0.394. The van der Waals surface area contributed by atoms with Gasteiger partial charge in [-0.05, 0) is 50.1 Å². The van der Waals surface area contributed by atoms with Crippen LogP contribution in [0, 0.1) is 13.8 Å². The van der Waals surface area contributed by atoms with Crippen molar-refractivity contribution < 1.29 is 4.74 Å². The molecule has 3 heteroatoms. The molecule has 0 spiro atoms. The molecule has 0 amide bonds. The second-order valence-electron chi connectivity index (χ2n) is 5.34. The lowest BCUT2D eigenvalue weighted by atomic mass is 9.96. The van der Waals surface area contributed by atoms with Gasteiger partial charge in [-0.2, -0.15) is 0 Å². The van der Waals surface area contributed by atoms with E-state index in [4.69, 9.17) is 4.74 Å². The van der Waals surface area contributed by atoms with Gasteiger partial charge in [-0.3, -0.25) is 4.98 Å². The Morgan fingerprint density at radius 2 is 2.05 bits per heavy atom.